The fourth-order valence-electron chi connectivity index (χ4n) is 2.68. The average molecular weight is 420 g/mol. The van der Waals surface area contributed by atoms with Crippen LogP contribution in [0.15, 0.2) is 10.6 Å². The van der Waals surface area contributed by atoms with E-state index < -0.39 is 0 Å². The molecule has 1 fully saturated rings. The molecule has 1 aromatic rings. The van der Waals surface area contributed by atoms with E-state index >= 15 is 0 Å². The average Bonchev–Trinajstić information content (AvgIpc) is 3.04. The molecule has 0 radical (unpaired) electrons. The Morgan fingerprint density at radius 1 is 1.41 bits per heavy atom. The fourth-order valence-corrected chi connectivity index (χ4v) is 3.40. The standard InChI is InChI=1S/C16H25N5O4S.ClH/c1-11-7-13(20-25-11)19-14(22)9-26-10-15(23)21-6-2-3-12(8-21)16(24)18-5-4-17;/h7,12H,2-6,8-10,17H2,1H3,(H,18,24)(H,19,20,22);1H. The van der Waals surface area contributed by atoms with Crippen molar-refractivity contribution in [2.75, 3.05) is 43.0 Å². The maximum atomic E-state index is 12.3. The van der Waals surface area contributed by atoms with Gasteiger partial charge in [0.2, 0.25) is 17.7 Å². The fraction of sp³-hybridized carbons (Fsp3) is 0.625. The van der Waals surface area contributed by atoms with E-state index in [1.54, 1.807) is 17.9 Å². The molecule has 1 aliphatic heterocycles. The number of halogens is 1. The number of rotatable bonds is 8. The lowest BCUT2D eigenvalue weighted by Gasteiger charge is -2.32. The molecule has 0 spiro atoms. The Hall–Kier alpha value is -1.78. The second-order valence-electron chi connectivity index (χ2n) is 6.12. The molecule has 0 aromatic carbocycles. The van der Waals surface area contributed by atoms with Crippen molar-refractivity contribution in [1.82, 2.24) is 15.4 Å². The van der Waals surface area contributed by atoms with Crippen molar-refractivity contribution in [3.63, 3.8) is 0 Å². The van der Waals surface area contributed by atoms with Gasteiger partial charge >= 0.3 is 0 Å². The monoisotopic (exact) mass is 419 g/mol. The predicted molar refractivity (Wildman–Crippen MR) is 106 cm³/mol. The molecule has 3 amide bonds. The van der Waals surface area contributed by atoms with Crippen LogP contribution in [0.25, 0.3) is 0 Å². The summed E-state index contributed by atoms with van der Waals surface area (Å²) in [7, 11) is 0. The number of carbonyl (C=O) groups excluding carboxylic acids is 3. The molecule has 2 rings (SSSR count). The van der Waals surface area contributed by atoms with Crippen LogP contribution in [0.5, 0.6) is 0 Å². The number of amides is 3. The first-order valence-electron chi connectivity index (χ1n) is 8.56. The summed E-state index contributed by atoms with van der Waals surface area (Å²) < 4.78 is 4.87. The van der Waals surface area contributed by atoms with Crippen molar-refractivity contribution in [2.45, 2.75) is 19.8 Å². The summed E-state index contributed by atoms with van der Waals surface area (Å²) in [6, 6.07) is 1.62. The van der Waals surface area contributed by atoms with Gasteiger partial charge in [0.25, 0.3) is 0 Å². The predicted octanol–water partition coefficient (Wildman–Crippen LogP) is 0.390. The normalized spacial score (nSPS) is 16.4. The molecule has 1 aromatic heterocycles. The van der Waals surface area contributed by atoms with Crippen LogP contribution >= 0.6 is 24.2 Å². The Labute approximate surface area is 168 Å². The van der Waals surface area contributed by atoms with Gasteiger partial charge in [0, 0.05) is 32.2 Å². The lowest BCUT2D eigenvalue weighted by atomic mass is 9.97. The Balaban J connectivity index is 0.00000364. The van der Waals surface area contributed by atoms with Crippen LogP contribution in [0.2, 0.25) is 0 Å². The summed E-state index contributed by atoms with van der Waals surface area (Å²) in [6.07, 6.45) is 1.57. The molecule has 11 heteroatoms. The number of piperidine rings is 1. The van der Waals surface area contributed by atoms with Crippen LogP contribution in [0.3, 0.4) is 0 Å². The van der Waals surface area contributed by atoms with Crippen molar-refractivity contribution in [1.29, 1.82) is 0 Å². The molecule has 27 heavy (non-hydrogen) atoms. The number of anilines is 1. The first kappa shape index (κ1) is 23.3. The van der Waals surface area contributed by atoms with Gasteiger partial charge in [0.15, 0.2) is 5.82 Å². The van der Waals surface area contributed by atoms with Crippen molar-refractivity contribution in [3.05, 3.63) is 11.8 Å². The zero-order valence-electron chi connectivity index (χ0n) is 15.2. The molecule has 152 valence electrons. The summed E-state index contributed by atoms with van der Waals surface area (Å²) in [6.45, 7) is 3.63. The minimum atomic E-state index is -0.242. The highest BCUT2D eigenvalue weighted by molar-refractivity contribution is 8.00. The van der Waals surface area contributed by atoms with E-state index in [0.717, 1.165) is 12.8 Å². The summed E-state index contributed by atoms with van der Waals surface area (Å²) in [4.78, 5) is 37.9. The van der Waals surface area contributed by atoms with Crippen LogP contribution in [-0.4, -0.2) is 65.5 Å². The molecule has 0 aliphatic carbocycles. The van der Waals surface area contributed by atoms with Crippen LogP contribution in [0.4, 0.5) is 5.82 Å². The van der Waals surface area contributed by atoms with Crippen molar-refractivity contribution in [2.24, 2.45) is 11.7 Å². The summed E-state index contributed by atoms with van der Waals surface area (Å²) in [5.74, 6) is 0.769. The van der Waals surface area contributed by atoms with Gasteiger partial charge in [-0.2, -0.15) is 0 Å². The van der Waals surface area contributed by atoms with Crippen molar-refractivity contribution in [3.8, 4) is 0 Å². The van der Waals surface area contributed by atoms with E-state index in [2.05, 4.69) is 15.8 Å². The number of nitrogens with one attached hydrogen (secondary N) is 2. The first-order valence-corrected chi connectivity index (χ1v) is 9.71. The minimum absolute atomic E-state index is 0. The third-order valence-corrected chi connectivity index (χ3v) is 4.86. The molecule has 1 atom stereocenters. The maximum Gasteiger partial charge on any atom is 0.235 e. The van der Waals surface area contributed by atoms with Gasteiger partial charge in [-0.25, -0.2) is 0 Å². The highest BCUT2D eigenvalue weighted by Gasteiger charge is 2.28. The lowest BCUT2D eigenvalue weighted by molar-refractivity contribution is -0.133. The Bertz CT molecular complexity index is 642. The molecule has 1 saturated heterocycles. The smallest absolute Gasteiger partial charge is 0.235 e. The van der Waals surface area contributed by atoms with E-state index in [0.29, 0.717) is 37.8 Å². The summed E-state index contributed by atoms with van der Waals surface area (Å²) in [5, 5.41) is 9.06. The molecule has 0 saturated carbocycles. The Morgan fingerprint density at radius 2 is 2.19 bits per heavy atom. The van der Waals surface area contributed by atoms with E-state index in [1.165, 1.54) is 11.8 Å². The second kappa shape index (κ2) is 11.8. The van der Waals surface area contributed by atoms with Crippen molar-refractivity contribution < 1.29 is 18.9 Å². The van der Waals surface area contributed by atoms with Crippen LogP contribution in [0.1, 0.15) is 18.6 Å². The zero-order chi connectivity index (χ0) is 18.9. The SMILES string of the molecule is Cc1cc(NC(=O)CSCC(=O)N2CCCC(C(=O)NCCN)C2)no1.Cl. The van der Waals surface area contributed by atoms with Crippen LogP contribution in [-0.2, 0) is 14.4 Å². The molecule has 9 nitrogen and oxygen atoms in total. The molecule has 1 aliphatic rings. The first-order chi connectivity index (χ1) is 12.5. The minimum Gasteiger partial charge on any atom is -0.360 e. The largest absolute Gasteiger partial charge is 0.360 e. The molecular formula is C16H26ClN5O4S. The van der Waals surface area contributed by atoms with E-state index in [1.807, 2.05) is 0 Å². The van der Waals surface area contributed by atoms with Gasteiger partial charge in [0.1, 0.15) is 5.76 Å². The van der Waals surface area contributed by atoms with Gasteiger partial charge in [-0.15, -0.1) is 24.2 Å². The van der Waals surface area contributed by atoms with E-state index in [4.69, 9.17) is 10.3 Å². The lowest BCUT2D eigenvalue weighted by Crippen LogP contribution is -2.46. The number of nitrogens with two attached hydrogens (primary N) is 1. The number of hydrogen-bond acceptors (Lipinski definition) is 7. The number of carbonyl (C=O) groups is 3. The maximum absolute atomic E-state index is 12.3. The molecule has 4 N–H and O–H groups in total. The topological polar surface area (TPSA) is 131 Å². The summed E-state index contributed by atoms with van der Waals surface area (Å²) >= 11 is 1.23. The Morgan fingerprint density at radius 3 is 2.85 bits per heavy atom. The number of nitrogens with zero attached hydrogens (tertiary/aromatic N) is 2. The van der Waals surface area contributed by atoms with Gasteiger partial charge in [-0.3, -0.25) is 14.4 Å². The van der Waals surface area contributed by atoms with Crippen molar-refractivity contribution >= 4 is 47.7 Å². The quantitative estimate of drug-likeness (QED) is 0.555. The summed E-state index contributed by atoms with van der Waals surface area (Å²) in [5.41, 5.74) is 5.39. The Kier molecular flexibility index (Phi) is 10.2. The molecule has 1 unspecified atom stereocenters. The molecule has 2 heterocycles. The number of aromatic nitrogens is 1. The highest BCUT2D eigenvalue weighted by atomic mass is 35.5. The van der Waals surface area contributed by atoms with Crippen LogP contribution < -0.4 is 16.4 Å². The highest BCUT2D eigenvalue weighted by Crippen LogP contribution is 2.18. The molecular weight excluding hydrogens is 394 g/mol. The second-order valence-corrected chi connectivity index (χ2v) is 7.11. The van der Waals surface area contributed by atoms with Gasteiger partial charge in [-0.1, -0.05) is 5.16 Å². The number of aryl methyl sites for hydroxylation is 1. The third kappa shape index (κ3) is 7.77. The number of thioether (sulfide) groups is 1. The van der Waals surface area contributed by atoms with Crippen LogP contribution in [0, 0.1) is 12.8 Å². The number of hydrogen-bond donors (Lipinski definition) is 3. The van der Waals surface area contributed by atoms with Gasteiger partial charge in [-0.05, 0) is 19.8 Å². The van der Waals surface area contributed by atoms with E-state index in [9.17, 15) is 14.4 Å². The zero-order valence-corrected chi connectivity index (χ0v) is 16.9. The third-order valence-electron chi connectivity index (χ3n) is 3.94. The van der Waals surface area contributed by atoms with E-state index in [-0.39, 0.29) is 47.6 Å². The van der Waals surface area contributed by atoms with Gasteiger partial charge < -0.3 is 25.8 Å². The molecule has 0 bridgehead atoms. The number of likely N-dealkylation sites (tertiary alicyclic amines) is 1. The van der Waals surface area contributed by atoms with Gasteiger partial charge in [0.05, 0.1) is 17.4 Å².